The van der Waals surface area contributed by atoms with Crippen LogP contribution in [0.1, 0.15) is 31.1 Å². The second-order valence-corrected chi connectivity index (χ2v) is 8.28. The first-order valence-electron chi connectivity index (χ1n) is 7.73. The molecule has 0 bridgehead atoms. The Bertz CT molecular complexity index is 888. The first kappa shape index (κ1) is 18.7. The predicted octanol–water partition coefficient (Wildman–Crippen LogP) is 3.08. The molecule has 0 aliphatic carbocycles. The minimum absolute atomic E-state index is 0.0115. The van der Waals surface area contributed by atoms with Gasteiger partial charge in [-0.2, -0.15) is 0 Å². The van der Waals surface area contributed by atoms with Crippen molar-refractivity contribution in [3.8, 4) is 0 Å². The second kappa shape index (κ2) is 7.48. The zero-order chi connectivity index (χ0) is 18.6. The number of amides is 2. The standard InChI is InChI=1S/C18H20N2O4S/c1-12(2)25(23,24)17-7-5-4-6-16(17)18(22)20-15-10-8-14(9-11-15)19-13(3)21/h4-12H,1-3H3,(H,19,21)(H,20,22). The van der Waals surface area contributed by atoms with Gasteiger partial charge in [-0.05, 0) is 50.2 Å². The second-order valence-electron chi connectivity index (χ2n) is 5.80. The number of anilines is 2. The van der Waals surface area contributed by atoms with Crippen LogP contribution in [0.3, 0.4) is 0 Å². The van der Waals surface area contributed by atoms with Gasteiger partial charge in [-0.1, -0.05) is 12.1 Å². The average Bonchev–Trinajstić information content (AvgIpc) is 2.56. The Labute approximate surface area is 147 Å². The van der Waals surface area contributed by atoms with Gasteiger partial charge in [-0.3, -0.25) is 9.59 Å². The highest BCUT2D eigenvalue weighted by molar-refractivity contribution is 7.92. The lowest BCUT2D eigenvalue weighted by Gasteiger charge is -2.13. The number of rotatable bonds is 5. The molecule has 0 aliphatic rings. The fourth-order valence-corrected chi connectivity index (χ4v) is 3.44. The van der Waals surface area contributed by atoms with Gasteiger partial charge in [-0.15, -0.1) is 0 Å². The highest BCUT2D eigenvalue weighted by Gasteiger charge is 2.25. The Morgan fingerprint density at radius 3 is 1.92 bits per heavy atom. The number of carbonyl (C=O) groups is 2. The first-order chi connectivity index (χ1) is 11.7. The molecule has 0 saturated carbocycles. The van der Waals surface area contributed by atoms with Crippen LogP contribution >= 0.6 is 0 Å². The summed E-state index contributed by atoms with van der Waals surface area (Å²) < 4.78 is 24.9. The largest absolute Gasteiger partial charge is 0.326 e. The molecule has 0 unspecified atom stereocenters. The van der Waals surface area contributed by atoms with Crippen LogP contribution in [0, 0.1) is 0 Å². The molecule has 0 fully saturated rings. The van der Waals surface area contributed by atoms with E-state index in [4.69, 9.17) is 0 Å². The highest BCUT2D eigenvalue weighted by Crippen LogP contribution is 2.22. The van der Waals surface area contributed by atoms with E-state index in [1.165, 1.54) is 19.1 Å². The Kier molecular flexibility index (Phi) is 5.58. The van der Waals surface area contributed by atoms with Crippen molar-refractivity contribution >= 4 is 33.0 Å². The average molecular weight is 360 g/mol. The van der Waals surface area contributed by atoms with Crippen LogP contribution in [-0.4, -0.2) is 25.5 Å². The van der Waals surface area contributed by atoms with E-state index >= 15 is 0 Å². The summed E-state index contributed by atoms with van der Waals surface area (Å²) in [5, 5.41) is 4.68. The van der Waals surface area contributed by atoms with Gasteiger partial charge < -0.3 is 10.6 Å². The zero-order valence-corrected chi connectivity index (χ0v) is 15.1. The van der Waals surface area contributed by atoms with Crippen molar-refractivity contribution in [2.45, 2.75) is 30.9 Å². The Morgan fingerprint density at radius 1 is 0.880 bits per heavy atom. The van der Waals surface area contributed by atoms with Gasteiger partial charge in [0, 0.05) is 18.3 Å². The predicted molar refractivity (Wildman–Crippen MR) is 97.5 cm³/mol. The van der Waals surface area contributed by atoms with Crippen LogP contribution < -0.4 is 10.6 Å². The topological polar surface area (TPSA) is 92.3 Å². The van der Waals surface area contributed by atoms with E-state index in [2.05, 4.69) is 10.6 Å². The van der Waals surface area contributed by atoms with E-state index < -0.39 is 21.0 Å². The van der Waals surface area contributed by atoms with E-state index in [1.54, 1.807) is 50.2 Å². The molecule has 0 atom stereocenters. The maximum absolute atomic E-state index is 12.5. The van der Waals surface area contributed by atoms with Gasteiger partial charge in [-0.25, -0.2) is 8.42 Å². The monoisotopic (exact) mass is 360 g/mol. The molecular weight excluding hydrogens is 340 g/mol. The van der Waals surface area contributed by atoms with Crippen molar-refractivity contribution in [1.82, 2.24) is 0 Å². The van der Waals surface area contributed by atoms with Gasteiger partial charge >= 0.3 is 0 Å². The summed E-state index contributed by atoms with van der Waals surface area (Å²) in [4.78, 5) is 23.5. The van der Waals surface area contributed by atoms with E-state index in [1.807, 2.05) is 0 Å². The summed E-state index contributed by atoms with van der Waals surface area (Å²) in [7, 11) is -3.57. The van der Waals surface area contributed by atoms with Crippen molar-refractivity contribution in [1.29, 1.82) is 0 Å². The number of hydrogen-bond acceptors (Lipinski definition) is 4. The molecule has 25 heavy (non-hydrogen) atoms. The molecule has 2 rings (SSSR count). The van der Waals surface area contributed by atoms with E-state index in [9.17, 15) is 18.0 Å². The number of nitrogens with one attached hydrogen (secondary N) is 2. The minimum atomic E-state index is -3.57. The van der Waals surface area contributed by atoms with Gasteiger partial charge in [0.05, 0.1) is 15.7 Å². The molecule has 2 amide bonds. The van der Waals surface area contributed by atoms with Crippen LogP contribution in [-0.2, 0) is 14.6 Å². The Morgan fingerprint density at radius 2 is 1.40 bits per heavy atom. The first-order valence-corrected chi connectivity index (χ1v) is 9.28. The molecule has 7 heteroatoms. The van der Waals surface area contributed by atoms with E-state index in [0.717, 1.165) is 0 Å². The number of hydrogen-bond donors (Lipinski definition) is 2. The molecule has 0 aromatic heterocycles. The molecule has 0 radical (unpaired) electrons. The summed E-state index contributed by atoms with van der Waals surface area (Å²) in [6, 6.07) is 12.7. The number of benzene rings is 2. The lowest BCUT2D eigenvalue weighted by atomic mass is 10.2. The van der Waals surface area contributed by atoms with E-state index in [0.29, 0.717) is 11.4 Å². The van der Waals surface area contributed by atoms with Crippen molar-refractivity contribution < 1.29 is 18.0 Å². The van der Waals surface area contributed by atoms with Crippen molar-refractivity contribution in [2.75, 3.05) is 10.6 Å². The fraction of sp³-hybridized carbons (Fsp3) is 0.222. The molecule has 0 spiro atoms. The van der Waals surface area contributed by atoms with Gasteiger partial charge in [0.25, 0.3) is 5.91 Å². The highest BCUT2D eigenvalue weighted by atomic mass is 32.2. The van der Waals surface area contributed by atoms with Gasteiger partial charge in [0.15, 0.2) is 9.84 Å². The van der Waals surface area contributed by atoms with Crippen LogP contribution in [0.2, 0.25) is 0 Å². The summed E-state index contributed by atoms with van der Waals surface area (Å²) in [6.45, 7) is 4.55. The molecular formula is C18H20N2O4S. The molecule has 2 N–H and O–H groups in total. The Hall–Kier alpha value is -2.67. The normalized spacial score (nSPS) is 11.2. The quantitative estimate of drug-likeness (QED) is 0.857. The number of carbonyl (C=O) groups excluding carboxylic acids is 2. The lowest BCUT2D eigenvalue weighted by molar-refractivity contribution is -0.114. The summed E-state index contributed by atoms with van der Waals surface area (Å²) in [5.41, 5.74) is 1.20. The number of sulfone groups is 1. The fourth-order valence-electron chi connectivity index (χ4n) is 2.19. The molecule has 6 nitrogen and oxygen atoms in total. The lowest BCUT2D eigenvalue weighted by Crippen LogP contribution is -2.20. The minimum Gasteiger partial charge on any atom is -0.326 e. The van der Waals surface area contributed by atoms with Crippen molar-refractivity contribution in [2.24, 2.45) is 0 Å². The van der Waals surface area contributed by atoms with Crippen LogP contribution in [0.4, 0.5) is 11.4 Å². The van der Waals surface area contributed by atoms with Crippen molar-refractivity contribution in [3.63, 3.8) is 0 Å². The summed E-state index contributed by atoms with van der Waals surface area (Å²) in [5.74, 6) is -0.697. The molecule has 0 aliphatic heterocycles. The Balaban J connectivity index is 2.26. The third kappa shape index (κ3) is 4.45. The molecule has 132 valence electrons. The molecule has 0 saturated heterocycles. The molecule has 2 aromatic rings. The van der Waals surface area contributed by atoms with Gasteiger partial charge in [0.1, 0.15) is 0 Å². The smallest absolute Gasteiger partial charge is 0.256 e. The third-order valence-corrected chi connectivity index (χ3v) is 5.73. The van der Waals surface area contributed by atoms with Crippen LogP contribution in [0.5, 0.6) is 0 Å². The maximum atomic E-state index is 12.5. The van der Waals surface area contributed by atoms with Crippen molar-refractivity contribution in [3.05, 3.63) is 54.1 Å². The van der Waals surface area contributed by atoms with E-state index in [-0.39, 0.29) is 16.4 Å². The summed E-state index contributed by atoms with van der Waals surface area (Å²) >= 11 is 0. The SMILES string of the molecule is CC(=O)Nc1ccc(NC(=O)c2ccccc2S(=O)(=O)C(C)C)cc1. The third-order valence-electron chi connectivity index (χ3n) is 3.52. The summed E-state index contributed by atoms with van der Waals surface area (Å²) in [6.07, 6.45) is 0. The molecule has 0 heterocycles. The van der Waals surface area contributed by atoms with Gasteiger partial charge in [0.2, 0.25) is 5.91 Å². The van der Waals surface area contributed by atoms with Crippen LogP contribution in [0.15, 0.2) is 53.4 Å². The van der Waals surface area contributed by atoms with Crippen LogP contribution in [0.25, 0.3) is 0 Å². The zero-order valence-electron chi connectivity index (χ0n) is 14.2. The maximum Gasteiger partial charge on any atom is 0.256 e. The molecule has 2 aromatic carbocycles.